The molecule has 0 radical (unpaired) electrons. The molecule has 0 aromatic heterocycles. The first-order valence-corrected chi connectivity index (χ1v) is 5.48. The third-order valence-electron chi connectivity index (χ3n) is 2.72. The number of rotatable bonds is 3. The SMILES string of the molecule is CCCN1CCCC(=C(F)C(=O)O)CC1. The van der Waals surface area contributed by atoms with Gasteiger partial charge in [-0.2, -0.15) is 4.39 Å². The molecule has 1 aliphatic rings. The first-order chi connectivity index (χ1) is 7.15. The van der Waals surface area contributed by atoms with Crippen LogP contribution in [0.4, 0.5) is 4.39 Å². The van der Waals surface area contributed by atoms with Crippen molar-refractivity contribution < 1.29 is 14.3 Å². The van der Waals surface area contributed by atoms with Crippen molar-refractivity contribution in [3.8, 4) is 0 Å². The Labute approximate surface area is 89.6 Å². The Bertz CT molecular complexity index is 263. The average Bonchev–Trinajstić information content (AvgIpc) is 2.43. The highest BCUT2D eigenvalue weighted by Crippen LogP contribution is 2.21. The van der Waals surface area contributed by atoms with Gasteiger partial charge in [0.1, 0.15) is 0 Å². The summed E-state index contributed by atoms with van der Waals surface area (Å²) in [7, 11) is 0. The van der Waals surface area contributed by atoms with Gasteiger partial charge >= 0.3 is 5.97 Å². The van der Waals surface area contributed by atoms with E-state index in [0.717, 1.165) is 32.5 Å². The van der Waals surface area contributed by atoms with Gasteiger partial charge < -0.3 is 10.0 Å². The molecule has 0 bridgehead atoms. The van der Waals surface area contributed by atoms with Gasteiger partial charge in [0.15, 0.2) is 0 Å². The Morgan fingerprint density at radius 3 is 2.80 bits per heavy atom. The lowest BCUT2D eigenvalue weighted by Crippen LogP contribution is -2.25. The minimum Gasteiger partial charge on any atom is -0.476 e. The normalized spacial score (nSPS) is 22.3. The molecule has 1 saturated heterocycles. The molecule has 1 N–H and O–H groups in total. The van der Waals surface area contributed by atoms with Crippen molar-refractivity contribution >= 4 is 5.97 Å². The highest BCUT2D eigenvalue weighted by Gasteiger charge is 2.18. The molecule has 0 aromatic rings. The summed E-state index contributed by atoms with van der Waals surface area (Å²) in [4.78, 5) is 12.7. The third-order valence-corrected chi connectivity index (χ3v) is 2.72. The van der Waals surface area contributed by atoms with Crippen LogP contribution in [-0.2, 0) is 4.79 Å². The van der Waals surface area contributed by atoms with E-state index < -0.39 is 11.8 Å². The number of hydrogen-bond donors (Lipinski definition) is 1. The van der Waals surface area contributed by atoms with Gasteiger partial charge in [0.05, 0.1) is 0 Å². The van der Waals surface area contributed by atoms with E-state index in [1.54, 1.807) is 0 Å². The third kappa shape index (κ3) is 3.63. The van der Waals surface area contributed by atoms with E-state index in [0.29, 0.717) is 18.4 Å². The van der Waals surface area contributed by atoms with Gasteiger partial charge in [0.25, 0.3) is 0 Å². The number of halogens is 1. The monoisotopic (exact) mass is 215 g/mol. The van der Waals surface area contributed by atoms with E-state index in [4.69, 9.17) is 5.11 Å². The van der Waals surface area contributed by atoms with Crippen LogP contribution in [0.5, 0.6) is 0 Å². The molecule has 1 rings (SSSR count). The Balaban J connectivity index is 2.59. The van der Waals surface area contributed by atoms with Gasteiger partial charge in [0.2, 0.25) is 5.83 Å². The van der Waals surface area contributed by atoms with Crippen LogP contribution < -0.4 is 0 Å². The summed E-state index contributed by atoms with van der Waals surface area (Å²) in [5.74, 6) is -2.36. The molecule has 1 aliphatic heterocycles. The van der Waals surface area contributed by atoms with Crippen molar-refractivity contribution in [2.45, 2.75) is 32.6 Å². The second-order valence-electron chi connectivity index (χ2n) is 3.92. The van der Waals surface area contributed by atoms with Crippen molar-refractivity contribution in [2.75, 3.05) is 19.6 Å². The zero-order chi connectivity index (χ0) is 11.3. The summed E-state index contributed by atoms with van der Waals surface area (Å²) in [6.45, 7) is 4.86. The van der Waals surface area contributed by atoms with Crippen molar-refractivity contribution in [1.82, 2.24) is 4.90 Å². The van der Waals surface area contributed by atoms with Crippen LogP contribution in [0.3, 0.4) is 0 Å². The maximum Gasteiger partial charge on any atom is 0.364 e. The zero-order valence-electron chi connectivity index (χ0n) is 9.13. The first-order valence-electron chi connectivity index (χ1n) is 5.48. The molecule has 1 fully saturated rings. The molecular formula is C11H18FNO2. The maximum absolute atomic E-state index is 13.2. The molecule has 0 unspecified atom stereocenters. The molecule has 0 amide bonds. The fourth-order valence-electron chi connectivity index (χ4n) is 1.96. The number of carboxylic acid groups (broad SMARTS) is 1. The van der Waals surface area contributed by atoms with E-state index in [1.807, 2.05) is 0 Å². The molecule has 0 saturated carbocycles. The maximum atomic E-state index is 13.2. The van der Waals surface area contributed by atoms with Gasteiger partial charge in [-0.25, -0.2) is 4.79 Å². The lowest BCUT2D eigenvalue weighted by atomic mass is 10.1. The number of carboxylic acids is 1. The van der Waals surface area contributed by atoms with E-state index in [9.17, 15) is 9.18 Å². The Morgan fingerprint density at radius 2 is 2.20 bits per heavy atom. The number of aliphatic carboxylic acids is 1. The number of likely N-dealkylation sites (tertiary alicyclic amines) is 1. The molecule has 0 atom stereocenters. The highest BCUT2D eigenvalue weighted by molar-refractivity contribution is 5.84. The van der Waals surface area contributed by atoms with Gasteiger partial charge in [-0.15, -0.1) is 0 Å². The van der Waals surface area contributed by atoms with Crippen LogP contribution >= 0.6 is 0 Å². The van der Waals surface area contributed by atoms with Crippen molar-refractivity contribution in [3.63, 3.8) is 0 Å². The predicted octanol–water partition coefficient (Wildman–Crippen LogP) is 2.19. The van der Waals surface area contributed by atoms with Crippen molar-refractivity contribution in [2.24, 2.45) is 0 Å². The van der Waals surface area contributed by atoms with Crippen LogP contribution in [0.2, 0.25) is 0 Å². The molecule has 3 nitrogen and oxygen atoms in total. The van der Waals surface area contributed by atoms with E-state index in [-0.39, 0.29) is 0 Å². The van der Waals surface area contributed by atoms with Crippen LogP contribution in [-0.4, -0.2) is 35.6 Å². The van der Waals surface area contributed by atoms with Crippen LogP contribution in [0.25, 0.3) is 0 Å². The number of nitrogens with zero attached hydrogens (tertiary/aromatic N) is 1. The fraction of sp³-hybridized carbons (Fsp3) is 0.727. The predicted molar refractivity (Wildman–Crippen MR) is 56.4 cm³/mol. The van der Waals surface area contributed by atoms with Gasteiger partial charge in [-0.3, -0.25) is 0 Å². The molecule has 86 valence electrons. The standard InChI is InChI=1S/C11H18FNO2/c1-2-6-13-7-3-4-9(5-8-13)10(12)11(14)15/h2-8H2,1H3,(H,14,15). The van der Waals surface area contributed by atoms with Crippen molar-refractivity contribution in [3.05, 3.63) is 11.4 Å². The largest absolute Gasteiger partial charge is 0.476 e. The second kappa shape index (κ2) is 5.85. The molecule has 0 aromatic carbocycles. The molecule has 15 heavy (non-hydrogen) atoms. The highest BCUT2D eigenvalue weighted by atomic mass is 19.1. The molecule has 1 heterocycles. The summed E-state index contributed by atoms with van der Waals surface area (Å²) < 4.78 is 13.2. The lowest BCUT2D eigenvalue weighted by Gasteiger charge is -2.17. The summed E-state index contributed by atoms with van der Waals surface area (Å²) in [6, 6.07) is 0. The fourth-order valence-corrected chi connectivity index (χ4v) is 1.96. The van der Waals surface area contributed by atoms with Crippen LogP contribution in [0.15, 0.2) is 11.4 Å². The second-order valence-corrected chi connectivity index (χ2v) is 3.92. The smallest absolute Gasteiger partial charge is 0.364 e. The Morgan fingerprint density at radius 1 is 1.47 bits per heavy atom. The minimum atomic E-state index is -1.42. The van der Waals surface area contributed by atoms with Crippen LogP contribution in [0.1, 0.15) is 32.6 Å². The molecule has 0 aliphatic carbocycles. The summed E-state index contributed by atoms with van der Waals surface area (Å²) in [5, 5.41) is 8.55. The van der Waals surface area contributed by atoms with E-state index in [2.05, 4.69) is 11.8 Å². The number of carbonyl (C=O) groups is 1. The quantitative estimate of drug-likeness (QED) is 0.734. The average molecular weight is 215 g/mol. The summed E-state index contributed by atoms with van der Waals surface area (Å²) in [6.07, 6.45) is 3.08. The van der Waals surface area contributed by atoms with Gasteiger partial charge in [-0.05, 0) is 44.3 Å². The zero-order valence-corrected chi connectivity index (χ0v) is 9.13. The summed E-state index contributed by atoms with van der Waals surface area (Å²) >= 11 is 0. The lowest BCUT2D eigenvalue weighted by molar-refractivity contribution is -0.134. The van der Waals surface area contributed by atoms with Crippen LogP contribution in [0, 0.1) is 0 Å². The van der Waals surface area contributed by atoms with Crippen molar-refractivity contribution in [1.29, 1.82) is 0 Å². The Hall–Kier alpha value is -0.900. The molecular weight excluding hydrogens is 197 g/mol. The first kappa shape index (κ1) is 12.2. The molecule has 0 spiro atoms. The minimum absolute atomic E-state index is 0.473. The van der Waals surface area contributed by atoms with Gasteiger partial charge in [0, 0.05) is 6.54 Å². The number of hydrogen-bond acceptors (Lipinski definition) is 2. The van der Waals surface area contributed by atoms with Gasteiger partial charge in [-0.1, -0.05) is 6.92 Å². The molecule has 4 heteroatoms. The summed E-state index contributed by atoms with van der Waals surface area (Å²) in [5.41, 5.74) is 0.473. The van der Waals surface area contributed by atoms with E-state index in [1.165, 1.54) is 0 Å². The Kier molecular flexibility index (Phi) is 4.75. The topological polar surface area (TPSA) is 40.5 Å². The van der Waals surface area contributed by atoms with E-state index >= 15 is 0 Å².